The molecule has 0 saturated carbocycles. The zero-order chi connectivity index (χ0) is 13.3. The summed E-state index contributed by atoms with van der Waals surface area (Å²) in [5, 5.41) is 4.34. The molecular weight excluding hydrogens is 301 g/mol. The predicted octanol–water partition coefficient (Wildman–Crippen LogP) is 2.46. The molecule has 0 bridgehead atoms. The van der Waals surface area contributed by atoms with E-state index in [1.807, 2.05) is 0 Å². The molecule has 0 aliphatic carbocycles. The molecule has 4 nitrogen and oxygen atoms in total. The van der Waals surface area contributed by atoms with Gasteiger partial charge in [-0.3, -0.25) is 4.68 Å². The van der Waals surface area contributed by atoms with Gasteiger partial charge < -0.3 is 10.5 Å². The van der Waals surface area contributed by atoms with Crippen LogP contribution in [0.4, 0.5) is 4.39 Å². The molecule has 6 heteroatoms. The third-order valence-corrected chi connectivity index (χ3v) is 3.55. The van der Waals surface area contributed by atoms with Crippen molar-refractivity contribution in [2.75, 3.05) is 7.11 Å². The number of benzene rings is 1. The number of methoxy groups -OCH3 is 1. The number of nitrogens with two attached hydrogens (primary N) is 1. The third kappa shape index (κ3) is 2.13. The monoisotopic (exact) mass is 313 g/mol. The van der Waals surface area contributed by atoms with E-state index in [1.165, 1.54) is 19.2 Å². The van der Waals surface area contributed by atoms with Crippen LogP contribution in [0.15, 0.2) is 22.7 Å². The van der Waals surface area contributed by atoms with E-state index in [1.54, 1.807) is 17.8 Å². The lowest BCUT2D eigenvalue weighted by Crippen LogP contribution is -2.04. The standard InChI is InChI=1S/C12H13BrFN3O/c1-17-9(6-15)11(13)12(16-17)8-5-7(14)3-4-10(8)18-2/h3-5H,6,15H2,1-2H3. The molecule has 96 valence electrons. The molecule has 0 unspecified atom stereocenters. The molecule has 0 atom stereocenters. The Morgan fingerprint density at radius 1 is 1.50 bits per heavy atom. The SMILES string of the molecule is COc1ccc(F)cc1-c1nn(C)c(CN)c1Br. The van der Waals surface area contributed by atoms with E-state index in [9.17, 15) is 4.39 Å². The highest BCUT2D eigenvalue weighted by atomic mass is 79.9. The number of hydrogen-bond acceptors (Lipinski definition) is 3. The number of nitrogens with zero attached hydrogens (tertiary/aromatic N) is 2. The van der Waals surface area contributed by atoms with Crippen molar-refractivity contribution in [2.45, 2.75) is 6.54 Å². The third-order valence-electron chi connectivity index (χ3n) is 2.71. The van der Waals surface area contributed by atoms with Crippen molar-refractivity contribution >= 4 is 15.9 Å². The molecule has 0 radical (unpaired) electrons. The summed E-state index contributed by atoms with van der Waals surface area (Å²) in [5.41, 5.74) is 7.71. The molecule has 0 fully saturated rings. The van der Waals surface area contributed by atoms with Crippen LogP contribution >= 0.6 is 15.9 Å². The Morgan fingerprint density at radius 2 is 2.22 bits per heavy atom. The lowest BCUT2D eigenvalue weighted by molar-refractivity contribution is 0.415. The second-order valence-electron chi connectivity index (χ2n) is 3.78. The van der Waals surface area contributed by atoms with E-state index in [-0.39, 0.29) is 5.82 Å². The minimum absolute atomic E-state index is 0.336. The molecule has 0 saturated heterocycles. The molecule has 1 aromatic carbocycles. The first-order chi connectivity index (χ1) is 8.58. The number of aryl methyl sites for hydroxylation is 1. The molecule has 2 rings (SSSR count). The van der Waals surface area contributed by atoms with Crippen LogP contribution in [0, 0.1) is 5.82 Å². The maximum Gasteiger partial charge on any atom is 0.128 e. The molecule has 1 aromatic heterocycles. The van der Waals surface area contributed by atoms with Crippen molar-refractivity contribution < 1.29 is 9.13 Å². The van der Waals surface area contributed by atoms with Gasteiger partial charge in [0.2, 0.25) is 0 Å². The Labute approximate surface area is 113 Å². The maximum atomic E-state index is 13.4. The first kappa shape index (κ1) is 13.0. The number of halogens is 2. The molecule has 18 heavy (non-hydrogen) atoms. The second kappa shape index (κ2) is 5.07. The lowest BCUT2D eigenvalue weighted by atomic mass is 10.1. The predicted molar refractivity (Wildman–Crippen MR) is 70.7 cm³/mol. The summed E-state index contributed by atoms with van der Waals surface area (Å²) in [6.45, 7) is 0.349. The molecule has 0 amide bonds. The second-order valence-corrected chi connectivity index (χ2v) is 4.57. The average molecular weight is 314 g/mol. The van der Waals surface area contributed by atoms with Crippen molar-refractivity contribution in [3.8, 4) is 17.0 Å². The van der Waals surface area contributed by atoms with E-state index in [4.69, 9.17) is 10.5 Å². The van der Waals surface area contributed by atoms with Crippen molar-refractivity contribution in [3.63, 3.8) is 0 Å². The van der Waals surface area contributed by atoms with Gasteiger partial charge in [-0.2, -0.15) is 5.10 Å². The van der Waals surface area contributed by atoms with E-state index < -0.39 is 0 Å². The minimum atomic E-state index is -0.336. The van der Waals surface area contributed by atoms with Gasteiger partial charge in [0, 0.05) is 19.2 Å². The van der Waals surface area contributed by atoms with Gasteiger partial charge >= 0.3 is 0 Å². The fourth-order valence-electron chi connectivity index (χ4n) is 1.79. The van der Waals surface area contributed by atoms with Crippen LogP contribution in [-0.2, 0) is 13.6 Å². The first-order valence-corrected chi connectivity index (χ1v) is 6.13. The molecule has 0 aliphatic rings. The van der Waals surface area contributed by atoms with Gasteiger partial charge in [0.05, 0.1) is 17.3 Å². The zero-order valence-corrected chi connectivity index (χ0v) is 11.7. The summed E-state index contributed by atoms with van der Waals surface area (Å²) in [5.74, 6) is 0.233. The number of rotatable bonds is 3. The minimum Gasteiger partial charge on any atom is -0.496 e. The molecule has 2 N–H and O–H groups in total. The summed E-state index contributed by atoms with van der Waals surface area (Å²) in [4.78, 5) is 0. The average Bonchev–Trinajstić information content (AvgIpc) is 2.64. The molecular formula is C12H13BrFN3O. The zero-order valence-electron chi connectivity index (χ0n) is 10.1. The van der Waals surface area contributed by atoms with Crippen LogP contribution in [0.5, 0.6) is 5.75 Å². The summed E-state index contributed by atoms with van der Waals surface area (Å²) >= 11 is 3.45. The van der Waals surface area contributed by atoms with Gasteiger partial charge in [0.25, 0.3) is 0 Å². The Balaban J connectivity index is 2.65. The van der Waals surface area contributed by atoms with Crippen molar-refractivity contribution in [1.29, 1.82) is 0 Å². The van der Waals surface area contributed by atoms with Crippen LogP contribution in [-0.4, -0.2) is 16.9 Å². The van der Waals surface area contributed by atoms with Crippen LogP contribution in [0.2, 0.25) is 0 Å². The fourth-order valence-corrected chi connectivity index (χ4v) is 2.50. The summed E-state index contributed by atoms with van der Waals surface area (Å²) < 4.78 is 21.0. The Morgan fingerprint density at radius 3 is 2.78 bits per heavy atom. The molecule has 1 heterocycles. The Bertz CT molecular complexity index is 583. The van der Waals surface area contributed by atoms with Crippen LogP contribution in [0.3, 0.4) is 0 Å². The topological polar surface area (TPSA) is 53.1 Å². The molecule has 0 spiro atoms. The Kier molecular flexibility index (Phi) is 3.68. The van der Waals surface area contributed by atoms with E-state index in [0.717, 1.165) is 10.2 Å². The highest BCUT2D eigenvalue weighted by Crippen LogP contribution is 2.36. The summed E-state index contributed by atoms with van der Waals surface area (Å²) in [6.07, 6.45) is 0. The normalized spacial score (nSPS) is 10.7. The van der Waals surface area contributed by atoms with Gasteiger partial charge in [-0.05, 0) is 34.1 Å². The lowest BCUT2D eigenvalue weighted by Gasteiger charge is -2.06. The number of ether oxygens (including phenoxy) is 1. The first-order valence-electron chi connectivity index (χ1n) is 5.33. The quantitative estimate of drug-likeness (QED) is 0.947. The maximum absolute atomic E-state index is 13.4. The van der Waals surface area contributed by atoms with Crippen LogP contribution in [0.1, 0.15) is 5.69 Å². The Hall–Kier alpha value is -1.40. The van der Waals surface area contributed by atoms with Crippen LogP contribution in [0.25, 0.3) is 11.3 Å². The van der Waals surface area contributed by atoms with Gasteiger partial charge in [-0.1, -0.05) is 0 Å². The largest absolute Gasteiger partial charge is 0.496 e. The van der Waals surface area contributed by atoms with Crippen molar-refractivity contribution in [2.24, 2.45) is 12.8 Å². The van der Waals surface area contributed by atoms with Crippen molar-refractivity contribution in [1.82, 2.24) is 9.78 Å². The summed E-state index contributed by atoms with van der Waals surface area (Å²) in [7, 11) is 3.33. The van der Waals surface area contributed by atoms with Gasteiger partial charge in [0.15, 0.2) is 0 Å². The molecule has 0 aliphatic heterocycles. The van der Waals surface area contributed by atoms with Crippen LogP contribution < -0.4 is 10.5 Å². The van der Waals surface area contributed by atoms with Gasteiger partial charge in [-0.25, -0.2) is 4.39 Å². The fraction of sp³-hybridized carbons (Fsp3) is 0.250. The number of hydrogen-bond donors (Lipinski definition) is 1. The van der Waals surface area contributed by atoms with Gasteiger partial charge in [0.1, 0.15) is 17.3 Å². The molecule has 2 aromatic rings. The van der Waals surface area contributed by atoms with E-state index in [2.05, 4.69) is 21.0 Å². The van der Waals surface area contributed by atoms with Gasteiger partial charge in [-0.15, -0.1) is 0 Å². The smallest absolute Gasteiger partial charge is 0.128 e. The highest BCUT2D eigenvalue weighted by molar-refractivity contribution is 9.10. The van der Waals surface area contributed by atoms with E-state index >= 15 is 0 Å². The number of aromatic nitrogens is 2. The van der Waals surface area contributed by atoms with E-state index in [0.29, 0.717) is 23.6 Å². The highest BCUT2D eigenvalue weighted by Gasteiger charge is 2.18. The van der Waals surface area contributed by atoms with Crippen molar-refractivity contribution in [3.05, 3.63) is 34.2 Å². The summed E-state index contributed by atoms with van der Waals surface area (Å²) in [6, 6.07) is 4.32.